The Labute approximate surface area is 174 Å². The highest BCUT2D eigenvalue weighted by Gasteiger charge is 2.26. The predicted molar refractivity (Wildman–Crippen MR) is 121 cm³/mol. The maximum atomic E-state index is 10.9. The molecule has 0 radical (unpaired) electrons. The number of aromatic nitrogens is 3. The fourth-order valence-corrected chi connectivity index (χ4v) is 4.48. The summed E-state index contributed by atoms with van der Waals surface area (Å²) in [6.07, 6.45) is 14.3. The van der Waals surface area contributed by atoms with Crippen LogP contribution < -0.4 is 0 Å². The average Bonchev–Trinajstić information content (AvgIpc) is 3.38. The predicted octanol–water partition coefficient (Wildman–Crippen LogP) is 6.90. The van der Waals surface area contributed by atoms with E-state index in [1.807, 2.05) is 0 Å². The van der Waals surface area contributed by atoms with E-state index in [0.29, 0.717) is 5.75 Å². The van der Waals surface area contributed by atoms with Crippen molar-refractivity contribution in [3.8, 4) is 11.4 Å². The first-order valence-corrected chi connectivity index (χ1v) is 11.5. The van der Waals surface area contributed by atoms with E-state index < -0.39 is 0 Å². The number of para-hydroxylation sites is 2. The Morgan fingerprint density at radius 3 is 1.90 bits per heavy atom. The van der Waals surface area contributed by atoms with E-state index in [4.69, 9.17) is 0 Å². The second kappa shape index (κ2) is 8.98. The molecule has 4 aromatic rings. The van der Waals surface area contributed by atoms with Crippen molar-refractivity contribution in [2.24, 2.45) is 0 Å². The molecule has 0 amide bonds. The highest BCUT2D eigenvalue weighted by atomic mass is 16.3. The molecule has 4 rings (SSSR count). The van der Waals surface area contributed by atoms with Crippen LogP contribution >= 0.6 is 0 Å². The molecule has 1 N–H and O–H groups in total. The summed E-state index contributed by atoms with van der Waals surface area (Å²) < 4.78 is 4.21. The van der Waals surface area contributed by atoms with Crippen molar-refractivity contribution in [2.45, 2.75) is 84.5 Å². The Kier molecular flexibility index (Phi) is 6.17. The van der Waals surface area contributed by atoms with Gasteiger partial charge in [0.05, 0.1) is 0 Å². The summed E-state index contributed by atoms with van der Waals surface area (Å²) in [7, 11) is 0. The number of rotatable bonds is 12. The van der Waals surface area contributed by atoms with Gasteiger partial charge in [-0.3, -0.25) is 0 Å². The standard InChI is InChI=1S/C25H35N3O/c1-3-4-5-6-7-8-9-10-11-12-15-21-18-20(2)19-24(25(21)29)28-26-22-16-13-14-17-23(22)27(26)28/h13-14,16-19,29H,3-12,15H2,1-2H3. The summed E-state index contributed by atoms with van der Waals surface area (Å²) in [5.74, 6) is 0.437. The maximum absolute atomic E-state index is 10.9. The average molecular weight is 394 g/mol. The van der Waals surface area contributed by atoms with E-state index >= 15 is 0 Å². The maximum Gasteiger partial charge on any atom is 0.146 e. The Hall–Kier alpha value is -2.36. The lowest BCUT2D eigenvalue weighted by molar-refractivity contribution is 0.462. The Bertz CT molecular complexity index is 994. The summed E-state index contributed by atoms with van der Waals surface area (Å²) in [4.78, 5) is 2.06. The number of phenolic OH excluding ortho intramolecular Hbond substituents is 1. The van der Waals surface area contributed by atoms with Gasteiger partial charge in [-0.05, 0) is 49.1 Å². The third kappa shape index (κ3) is 4.17. The molecular formula is C25H35N3O. The van der Waals surface area contributed by atoms with E-state index in [9.17, 15) is 5.11 Å². The van der Waals surface area contributed by atoms with Gasteiger partial charge in [-0.1, -0.05) is 82.9 Å². The van der Waals surface area contributed by atoms with E-state index in [1.165, 1.54) is 74.4 Å². The molecule has 0 atom stereocenters. The first-order chi connectivity index (χ1) is 14.2. The number of hydrogen-bond donors (Lipinski definition) is 1. The molecule has 156 valence electrons. The largest absolute Gasteiger partial charge is 0.505 e. The van der Waals surface area contributed by atoms with Crippen molar-refractivity contribution in [3.63, 3.8) is 0 Å². The van der Waals surface area contributed by atoms with E-state index in [2.05, 4.69) is 64.3 Å². The molecule has 0 saturated heterocycles. The van der Waals surface area contributed by atoms with Crippen LogP contribution in [0.5, 0.6) is 5.75 Å². The molecule has 4 nitrogen and oxygen atoms in total. The highest BCUT2D eigenvalue weighted by molar-refractivity contribution is 5.79. The van der Waals surface area contributed by atoms with Crippen molar-refractivity contribution in [3.05, 3.63) is 47.5 Å². The molecule has 0 aliphatic heterocycles. The fraction of sp³-hybridized carbons (Fsp3) is 0.520. The van der Waals surface area contributed by atoms with Gasteiger partial charge in [-0.2, -0.15) is 0 Å². The number of nitrogens with zero attached hydrogens (tertiary/aromatic N) is 3. The molecule has 2 heterocycles. The van der Waals surface area contributed by atoms with E-state index in [0.717, 1.165) is 24.1 Å². The zero-order valence-electron chi connectivity index (χ0n) is 18.0. The molecule has 4 heteroatoms. The number of benzene rings is 2. The van der Waals surface area contributed by atoms with Crippen molar-refractivity contribution in [1.29, 1.82) is 0 Å². The summed E-state index contributed by atoms with van der Waals surface area (Å²) in [6.45, 7) is 4.39. The molecule has 0 aliphatic rings. The van der Waals surface area contributed by atoms with Crippen LogP contribution in [0.2, 0.25) is 0 Å². The van der Waals surface area contributed by atoms with Crippen molar-refractivity contribution in [1.82, 2.24) is 14.1 Å². The van der Waals surface area contributed by atoms with Gasteiger partial charge in [0, 0.05) is 0 Å². The number of aromatic hydroxyl groups is 1. The van der Waals surface area contributed by atoms with Crippen LogP contribution in [0.25, 0.3) is 16.7 Å². The first-order valence-electron chi connectivity index (χ1n) is 11.5. The van der Waals surface area contributed by atoms with Crippen LogP contribution in [0.4, 0.5) is 0 Å². The van der Waals surface area contributed by atoms with Gasteiger partial charge in [0.1, 0.15) is 22.5 Å². The molecule has 2 aromatic heterocycles. The topological polar surface area (TPSA) is 34.0 Å². The van der Waals surface area contributed by atoms with Gasteiger partial charge in [0.15, 0.2) is 0 Å². The van der Waals surface area contributed by atoms with Crippen LogP contribution in [0.15, 0.2) is 36.4 Å². The monoisotopic (exact) mass is 393 g/mol. The third-order valence-electron chi connectivity index (χ3n) is 6.15. The SMILES string of the molecule is CCCCCCCCCCCCc1cc(C)cc(-n2n3c4ccccc4n23)c1O. The fourth-order valence-electron chi connectivity index (χ4n) is 4.48. The summed E-state index contributed by atoms with van der Waals surface area (Å²) in [5, 5.41) is 10.9. The van der Waals surface area contributed by atoms with Crippen LogP contribution in [0, 0.1) is 6.92 Å². The molecule has 0 saturated carbocycles. The number of phenols is 1. The zero-order valence-corrected chi connectivity index (χ0v) is 18.0. The van der Waals surface area contributed by atoms with Gasteiger partial charge >= 0.3 is 0 Å². The van der Waals surface area contributed by atoms with Gasteiger partial charge in [0.2, 0.25) is 0 Å². The van der Waals surface area contributed by atoms with Gasteiger partial charge in [0.25, 0.3) is 0 Å². The molecule has 0 unspecified atom stereocenters. The minimum absolute atomic E-state index is 0.437. The molecule has 0 spiro atoms. The minimum Gasteiger partial charge on any atom is -0.505 e. The molecule has 29 heavy (non-hydrogen) atoms. The number of hydrogen-bond acceptors (Lipinski definition) is 1. The van der Waals surface area contributed by atoms with Crippen LogP contribution in [0.3, 0.4) is 0 Å². The normalized spacial score (nSPS) is 12.1. The van der Waals surface area contributed by atoms with E-state index in [-0.39, 0.29) is 0 Å². The molecule has 0 bridgehead atoms. The van der Waals surface area contributed by atoms with Crippen LogP contribution in [-0.2, 0) is 6.42 Å². The lowest BCUT2D eigenvalue weighted by Crippen LogP contribution is -1.95. The van der Waals surface area contributed by atoms with Gasteiger partial charge in [-0.15, -0.1) is 14.1 Å². The molecule has 0 fully saturated rings. The smallest absolute Gasteiger partial charge is 0.146 e. The molecule has 2 aromatic carbocycles. The number of unbranched alkanes of at least 4 members (excludes halogenated alkanes) is 9. The van der Waals surface area contributed by atoms with Crippen LogP contribution in [-0.4, -0.2) is 19.2 Å². The quantitative estimate of drug-likeness (QED) is 0.261. The lowest BCUT2D eigenvalue weighted by Gasteiger charge is -2.09. The van der Waals surface area contributed by atoms with Crippen molar-refractivity contribution in [2.75, 3.05) is 0 Å². The molecular weight excluding hydrogens is 358 g/mol. The number of fused-ring (bicyclic) bond motifs is 4. The van der Waals surface area contributed by atoms with Gasteiger partial charge < -0.3 is 5.11 Å². The lowest BCUT2D eigenvalue weighted by atomic mass is 10.0. The Balaban J connectivity index is 1.29. The summed E-state index contributed by atoms with van der Waals surface area (Å²) in [6, 6.07) is 12.6. The highest BCUT2D eigenvalue weighted by Crippen LogP contribution is 2.34. The molecule has 0 aliphatic carbocycles. The van der Waals surface area contributed by atoms with Crippen molar-refractivity contribution < 1.29 is 5.11 Å². The summed E-state index contributed by atoms with van der Waals surface area (Å²) >= 11 is 0. The minimum atomic E-state index is 0.437. The number of aryl methyl sites for hydroxylation is 2. The Morgan fingerprint density at radius 1 is 0.759 bits per heavy atom. The first kappa shape index (κ1) is 19.9. The Morgan fingerprint density at radius 2 is 1.31 bits per heavy atom. The van der Waals surface area contributed by atoms with Crippen LogP contribution in [0.1, 0.15) is 82.3 Å². The second-order valence-electron chi connectivity index (χ2n) is 8.58. The third-order valence-corrected chi connectivity index (χ3v) is 6.15. The zero-order chi connectivity index (χ0) is 20.2. The van der Waals surface area contributed by atoms with E-state index in [1.54, 1.807) is 0 Å². The summed E-state index contributed by atoms with van der Waals surface area (Å²) in [5.41, 5.74) is 5.58. The van der Waals surface area contributed by atoms with Crippen molar-refractivity contribution >= 4 is 11.0 Å². The van der Waals surface area contributed by atoms with Gasteiger partial charge in [-0.25, -0.2) is 0 Å². The second-order valence-corrected chi connectivity index (χ2v) is 8.58.